The molecule has 0 aliphatic heterocycles. The first-order chi connectivity index (χ1) is 8.17. The molecule has 1 aromatic carbocycles. The van der Waals surface area contributed by atoms with E-state index in [1.165, 1.54) is 0 Å². The molecule has 0 aliphatic rings. The fraction of sp³-hybridized carbons (Fsp3) is 0.333. The highest BCUT2D eigenvalue weighted by Crippen LogP contribution is 2.37. The predicted molar refractivity (Wildman–Crippen MR) is 69.4 cm³/mol. The number of rotatable bonds is 6. The van der Waals surface area contributed by atoms with Gasteiger partial charge >= 0.3 is 0 Å². The molecule has 1 rings (SSSR count). The van der Waals surface area contributed by atoms with Gasteiger partial charge in [-0.25, -0.2) is 0 Å². The van der Waals surface area contributed by atoms with E-state index in [9.17, 15) is 0 Å². The number of hydrazine groups is 1. The van der Waals surface area contributed by atoms with Crippen LogP contribution in [0, 0.1) is 0 Å². The first kappa shape index (κ1) is 13.8. The van der Waals surface area contributed by atoms with Crippen LogP contribution in [0.3, 0.4) is 0 Å². The molecule has 1 aromatic rings. The van der Waals surface area contributed by atoms with Crippen LogP contribution in [0.5, 0.6) is 11.5 Å². The van der Waals surface area contributed by atoms with Crippen molar-refractivity contribution in [1.29, 1.82) is 0 Å². The first-order valence-electron chi connectivity index (χ1n) is 5.16. The van der Waals surface area contributed by atoms with Gasteiger partial charge in [0.05, 0.1) is 19.2 Å². The van der Waals surface area contributed by atoms with Crippen LogP contribution in [0.2, 0.25) is 5.02 Å². The quantitative estimate of drug-likeness (QED) is 0.466. The molecule has 5 heteroatoms. The monoisotopic (exact) mass is 256 g/mol. The fourth-order valence-electron chi connectivity index (χ4n) is 1.61. The molecular formula is C12H17ClN2O2. The zero-order valence-corrected chi connectivity index (χ0v) is 10.8. The second-order valence-electron chi connectivity index (χ2n) is 3.48. The van der Waals surface area contributed by atoms with Crippen molar-refractivity contribution in [2.24, 2.45) is 5.84 Å². The molecule has 4 nitrogen and oxygen atoms in total. The van der Waals surface area contributed by atoms with Crippen molar-refractivity contribution in [1.82, 2.24) is 5.43 Å². The lowest BCUT2D eigenvalue weighted by molar-refractivity contribution is 0.354. The van der Waals surface area contributed by atoms with Gasteiger partial charge in [0.1, 0.15) is 0 Å². The summed E-state index contributed by atoms with van der Waals surface area (Å²) < 4.78 is 10.4. The van der Waals surface area contributed by atoms with Crippen molar-refractivity contribution in [3.63, 3.8) is 0 Å². The van der Waals surface area contributed by atoms with Crippen molar-refractivity contribution in [2.45, 2.75) is 12.5 Å². The van der Waals surface area contributed by atoms with Crippen LogP contribution in [0.25, 0.3) is 0 Å². The van der Waals surface area contributed by atoms with Gasteiger partial charge in [-0.15, -0.1) is 6.58 Å². The molecule has 1 atom stereocenters. The van der Waals surface area contributed by atoms with Crippen LogP contribution in [-0.4, -0.2) is 14.2 Å². The summed E-state index contributed by atoms with van der Waals surface area (Å²) in [6.45, 7) is 3.69. The molecule has 0 aromatic heterocycles. The van der Waals surface area contributed by atoms with E-state index in [1.807, 2.05) is 6.07 Å². The summed E-state index contributed by atoms with van der Waals surface area (Å²) >= 11 is 6.12. The maximum absolute atomic E-state index is 6.12. The lowest BCUT2D eigenvalue weighted by atomic mass is 10.0. The summed E-state index contributed by atoms with van der Waals surface area (Å²) in [5.41, 5.74) is 3.63. The van der Waals surface area contributed by atoms with Gasteiger partial charge in [0, 0.05) is 6.04 Å². The third-order valence-corrected chi connectivity index (χ3v) is 2.74. The van der Waals surface area contributed by atoms with E-state index in [2.05, 4.69) is 12.0 Å². The number of halogens is 1. The standard InChI is InChI=1S/C12H17ClN2O2/c1-4-5-10(15-14)8-6-9(13)12(17-3)11(7-8)16-2/h4,6-7,10,15H,1,5,14H2,2-3H3. The number of nitrogens with two attached hydrogens (primary N) is 1. The SMILES string of the molecule is C=CCC(NN)c1cc(Cl)c(OC)c(OC)c1. The Morgan fingerprint density at radius 1 is 1.47 bits per heavy atom. The maximum atomic E-state index is 6.12. The van der Waals surface area contributed by atoms with Gasteiger partial charge in [-0.1, -0.05) is 17.7 Å². The van der Waals surface area contributed by atoms with Gasteiger partial charge in [0.25, 0.3) is 0 Å². The average Bonchev–Trinajstić information content (AvgIpc) is 2.34. The van der Waals surface area contributed by atoms with E-state index in [4.69, 9.17) is 26.9 Å². The molecule has 0 spiro atoms. The van der Waals surface area contributed by atoms with Crippen molar-refractivity contribution < 1.29 is 9.47 Å². The molecule has 1 unspecified atom stereocenters. The highest BCUT2D eigenvalue weighted by atomic mass is 35.5. The van der Waals surface area contributed by atoms with Crippen LogP contribution in [0.15, 0.2) is 24.8 Å². The zero-order chi connectivity index (χ0) is 12.8. The van der Waals surface area contributed by atoms with E-state index in [0.29, 0.717) is 22.9 Å². The van der Waals surface area contributed by atoms with Crippen molar-refractivity contribution in [3.05, 3.63) is 35.4 Å². The Morgan fingerprint density at radius 2 is 2.18 bits per heavy atom. The van der Waals surface area contributed by atoms with Crippen molar-refractivity contribution in [2.75, 3.05) is 14.2 Å². The fourth-order valence-corrected chi connectivity index (χ4v) is 1.90. The number of hydrogen-bond acceptors (Lipinski definition) is 4. The van der Waals surface area contributed by atoms with Crippen molar-refractivity contribution in [3.8, 4) is 11.5 Å². The maximum Gasteiger partial charge on any atom is 0.179 e. The predicted octanol–water partition coefficient (Wildman–Crippen LogP) is 2.44. The Hall–Kier alpha value is -1.23. The Bertz CT molecular complexity index is 396. The molecular weight excluding hydrogens is 240 g/mol. The van der Waals surface area contributed by atoms with Crippen LogP contribution in [0.1, 0.15) is 18.0 Å². The van der Waals surface area contributed by atoms with Crippen molar-refractivity contribution >= 4 is 11.6 Å². The van der Waals surface area contributed by atoms with Gasteiger partial charge in [-0.2, -0.15) is 0 Å². The van der Waals surface area contributed by atoms with Crippen LogP contribution in [-0.2, 0) is 0 Å². The van der Waals surface area contributed by atoms with Gasteiger partial charge in [0.15, 0.2) is 11.5 Å². The number of hydrogen-bond donors (Lipinski definition) is 2. The van der Waals surface area contributed by atoms with E-state index in [-0.39, 0.29) is 6.04 Å². The van der Waals surface area contributed by atoms with E-state index >= 15 is 0 Å². The highest BCUT2D eigenvalue weighted by Gasteiger charge is 2.15. The summed E-state index contributed by atoms with van der Waals surface area (Å²) in [6.07, 6.45) is 2.48. The van der Waals surface area contributed by atoms with E-state index in [1.54, 1.807) is 26.4 Å². The largest absolute Gasteiger partial charge is 0.493 e. The molecule has 0 radical (unpaired) electrons. The molecule has 94 valence electrons. The van der Waals surface area contributed by atoms with Gasteiger partial charge in [-0.05, 0) is 24.1 Å². The Kier molecular flexibility index (Phi) is 5.28. The number of methoxy groups -OCH3 is 2. The molecule has 0 saturated carbocycles. The molecule has 17 heavy (non-hydrogen) atoms. The summed E-state index contributed by atoms with van der Waals surface area (Å²) in [5, 5.41) is 0.492. The average molecular weight is 257 g/mol. The molecule has 3 N–H and O–H groups in total. The van der Waals surface area contributed by atoms with E-state index < -0.39 is 0 Å². The number of ether oxygens (including phenoxy) is 2. The van der Waals surface area contributed by atoms with Gasteiger partial charge < -0.3 is 9.47 Å². The molecule has 0 amide bonds. The molecule has 0 fully saturated rings. The minimum Gasteiger partial charge on any atom is -0.493 e. The van der Waals surface area contributed by atoms with Gasteiger partial charge in [0.2, 0.25) is 0 Å². The molecule has 0 saturated heterocycles. The lowest BCUT2D eigenvalue weighted by Crippen LogP contribution is -2.27. The lowest BCUT2D eigenvalue weighted by Gasteiger charge is -2.17. The number of benzene rings is 1. The first-order valence-corrected chi connectivity index (χ1v) is 5.54. The minimum absolute atomic E-state index is 0.0511. The number of nitrogens with one attached hydrogen (secondary N) is 1. The van der Waals surface area contributed by atoms with E-state index in [0.717, 1.165) is 5.56 Å². The summed E-state index contributed by atoms with van der Waals surface area (Å²) in [4.78, 5) is 0. The van der Waals surface area contributed by atoms with Crippen LogP contribution in [0.4, 0.5) is 0 Å². The van der Waals surface area contributed by atoms with Crippen LogP contribution >= 0.6 is 11.6 Å². The summed E-state index contributed by atoms with van der Waals surface area (Å²) in [5.74, 6) is 6.59. The second kappa shape index (κ2) is 6.49. The Balaban J connectivity index is 3.17. The summed E-state index contributed by atoms with van der Waals surface area (Å²) in [7, 11) is 3.11. The van der Waals surface area contributed by atoms with Crippen LogP contribution < -0.4 is 20.7 Å². The highest BCUT2D eigenvalue weighted by molar-refractivity contribution is 6.32. The Morgan fingerprint density at radius 3 is 2.65 bits per heavy atom. The molecule has 0 bridgehead atoms. The zero-order valence-electron chi connectivity index (χ0n) is 10.00. The Labute approximate surface area is 106 Å². The normalized spacial score (nSPS) is 12.0. The second-order valence-corrected chi connectivity index (χ2v) is 3.89. The smallest absolute Gasteiger partial charge is 0.179 e. The minimum atomic E-state index is -0.0511. The third-order valence-electron chi connectivity index (χ3n) is 2.46. The third kappa shape index (κ3) is 3.12. The topological polar surface area (TPSA) is 56.5 Å². The molecule has 0 heterocycles. The summed E-state index contributed by atoms with van der Waals surface area (Å²) in [6, 6.07) is 3.60. The molecule has 0 aliphatic carbocycles. The van der Waals surface area contributed by atoms with Gasteiger partial charge in [-0.3, -0.25) is 11.3 Å².